The fourth-order valence-electron chi connectivity index (χ4n) is 4.94. The molecule has 0 bridgehead atoms. The lowest BCUT2D eigenvalue weighted by molar-refractivity contribution is -0.127. The van der Waals surface area contributed by atoms with Crippen LogP contribution >= 0.6 is 0 Å². The fraction of sp³-hybridized carbons (Fsp3) is 0.536. The van der Waals surface area contributed by atoms with Crippen LogP contribution in [-0.2, 0) is 9.59 Å². The summed E-state index contributed by atoms with van der Waals surface area (Å²) in [6.45, 7) is 7.62. The average molecular weight is 478 g/mol. The van der Waals surface area contributed by atoms with E-state index in [0.29, 0.717) is 17.9 Å². The van der Waals surface area contributed by atoms with E-state index in [1.807, 2.05) is 51.1 Å². The number of aryl methyl sites for hydroxylation is 2. The molecule has 1 aliphatic carbocycles. The third-order valence-electron chi connectivity index (χ3n) is 7.19. The van der Waals surface area contributed by atoms with Gasteiger partial charge in [-0.1, -0.05) is 50.5 Å². The number of nitrogens with one attached hydrogen (secondary N) is 3. The normalized spacial score (nSPS) is 16.8. The predicted octanol–water partition coefficient (Wildman–Crippen LogP) is 4.52. The number of benzene rings is 1. The first kappa shape index (κ1) is 26.7. The SMILES string of the molecule is CCC(C(=N)C(=O)C(NC(=O)C(C)NC)C1CCCCC1)c1cc(-c2ccccc2C)nc(C)n1. The summed E-state index contributed by atoms with van der Waals surface area (Å²) in [6.07, 6.45) is 5.57. The number of likely N-dealkylation sites (N-methyl/N-ethyl adjacent to an activating group) is 1. The molecule has 1 aromatic heterocycles. The quantitative estimate of drug-likeness (QED) is 0.436. The number of rotatable bonds is 10. The molecule has 7 nitrogen and oxygen atoms in total. The van der Waals surface area contributed by atoms with Crippen LogP contribution in [0, 0.1) is 25.2 Å². The second-order valence-electron chi connectivity index (χ2n) is 9.67. The lowest BCUT2D eigenvalue weighted by atomic mass is 9.79. The van der Waals surface area contributed by atoms with Gasteiger partial charge in [-0.15, -0.1) is 0 Å². The van der Waals surface area contributed by atoms with Crippen LogP contribution in [0.5, 0.6) is 0 Å². The van der Waals surface area contributed by atoms with Gasteiger partial charge >= 0.3 is 0 Å². The van der Waals surface area contributed by atoms with Crippen molar-refractivity contribution in [2.45, 2.75) is 84.2 Å². The topological polar surface area (TPSA) is 108 Å². The molecule has 0 radical (unpaired) electrons. The molecule has 1 saturated carbocycles. The number of ketones is 1. The Balaban J connectivity index is 1.92. The number of amides is 1. The van der Waals surface area contributed by atoms with E-state index < -0.39 is 18.0 Å². The summed E-state index contributed by atoms with van der Waals surface area (Å²) in [7, 11) is 1.72. The molecule has 0 aliphatic heterocycles. The standard InChI is InChI=1S/C28H39N5O2/c1-6-21(23-16-24(32-19(4)31-23)22-15-11-10-12-17(22)2)25(29)27(34)26(20-13-8-7-9-14-20)33-28(35)18(3)30-5/h10-12,15-16,18,20-21,26,29-30H,6-9,13-14H2,1-5H3,(H,33,35). The maximum absolute atomic E-state index is 13.8. The Hall–Kier alpha value is -2.93. The van der Waals surface area contributed by atoms with Crippen LogP contribution in [0.1, 0.15) is 75.4 Å². The first-order valence-corrected chi connectivity index (χ1v) is 12.8. The molecular weight excluding hydrogens is 438 g/mol. The van der Waals surface area contributed by atoms with Gasteiger partial charge in [0.2, 0.25) is 5.91 Å². The monoisotopic (exact) mass is 477 g/mol. The van der Waals surface area contributed by atoms with Gasteiger partial charge in [0.1, 0.15) is 5.82 Å². The minimum atomic E-state index is -0.682. The Bertz CT molecular complexity index is 1060. The number of hydrogen-bond donors (Lipinski definition) is 3. The van der Waals surface area contributed by atoms with E-state index in [-0.39, 0.29) is 23.3 Å². The van der Waals surface area contributed by atoms with Gasteiger partial charge in [0.25, 0.3) is 0 Å². The van der Waals surface area contributed by atoms with E-state index in [4.69, 9.17) is 5.41 Å². The molecular formula is C28H39N5O2. The maximum Gasteiger partial charge on any atom is 0.237 e. The lowest BCUT2D eigenvalue weighted by Crippen LogP contribution is -2.53. The maximum atomic E-state index is 13.8. The molecule has 0 spiro atoms. The van der Waals surface area contributed by atoms with Crippen molar-refractivity contribution in [1.82, 2.24) is 20.6 Å². The van der Waals surface area contributed by atoms with Gasteiger partial charge in [-0.2, -0.15) is 0 Å². The summed E-state index contributed by atoms with van der Waals surface area (Å²) >= 11 is 0. The Morgan fingerprint density at radius 3 is 2.43 bits per heavy atom. The lowest BCUT2D eigenvalue weighted by Gasteiger charge is -2.31. The second-order valence-corrected chi connectivity index (χ2v) is 9.67. The molecule has 3 rings (SSSR count). The van der Waals surface area contributed by atoms with Crippen molar-refractivity contribution in [3.05, 3.63) is 47.4 Å². The predicted molar refractivity (Wildman–Crippen MR) is 140 cm³/mol. The molecule has 0 saturated heterocycles. The molecule has 35 heavy (non-hydrogen) atoms. The van der Waals surface area contributed by atoms with Crippen molar-refractivity contribution in [3.8, 4) is 11.3 Å². The molecule has 1 aromatic carbocycles. The van der Waals surface area contributed by atoms with Crippen LogP contribution in [0.4, 0.5) is 0 Å². The highest BCUT2D eigenvalue weighted by atomic mass is 16.2. The van der Waals surface area contributed by atoms with Gasteiger partial charge in [-0.05, 0) is 64.6 Å². The van der Waals surface area contributed by atoms with Gasteiger partial charge < -0.3 is 16.0 Å². The van der Waals surface area contributed by atoms with E-state index in [1.165, 1.54) is 0 Å². The van der Waals surface area contributed by atoms with Crippen LogP contribution in [0.25, 0.3) is 11.3 Å². The minimum Gasteiger partial charge on any atom is -0.344 e. The first-order chi connectivity index (χ1) is 16.8. The van der Waals surface area contributed by atoms with Crippen molar-refractivity contribution < 1.29 is 9.59 Å². The zero-order valence-electron chi connectivity index (χ0n) is 21.6. The smallest absolute Gasteiger partial charge is 0.237 e. The van der Waals surface area contributed by atoms with Gasteiger partial charge in [0.15, 0.2) is 5.78 Å². The number of carbonyl (C=O) groups excluding carboxylic acids is 2. The number of aromatic nitrogens is 2. The zero-order chi connectivity index (χ0) is 25.5. The molecule has 1 heterocycles. The van der Waals surface area contributed by atoms with Gasteiger partial charge in [0, 0.05) is 11.5 Å². The Kier molecular flexibility index (Phi) is 9.26. The van der Waals surface area contributed by atoms with Crippen molar-refractivity contribution in [3.63, 3.8) is 0 Å². The highest BCUT2D eigenvalue weighted by Crippen LogP contribution is 2.30. The molecule has 3 N–H and O–H groups in total. The largest absolute Gasteiger partial charge is 0.344 e. The van der Waals surface area contributed by atoms with E-state index in [1.54, 1.807) is 14.0 Å². The number of hydrogen-bond acceptors (Lipinski definition) is 6. The summed E-state index contributed by atoms with van der Waals surface area (Å²) in [5.74, 6) is -0.306. The Morgan fingerprint density at radius 1 is 1.11 bits per heavy atom. The van der Waals surface area contributed by atoms with Crippen LogP contribution in [0.15, 0.2) is 30.3 Å². The molecule has 3 atom stereocenters. The van der Waals surface area contributed by atoms with Gasteiger partial charge in [0.05, 0.1) is 29.2 Å². The van der Waals surface area contributed by atoms with Crippen LogP contribution < -0.4 is 10.6 Å². The minimum absolute atomic E-state index is 0.00863. The van der Waals surface area contributed by atoms with Crippen molar-refractivity contribution >= 4 is 17.4 Å². The Morgan fingerprint density at radius 2 is 1.80 bits per heavy atom. The van der Waals surface area contributed by atoms with Crippen molar-refractivity contribution in [2.75, 3.05) is 7.05 Å². The van der Waals surface area contributed by atoms with Crippen LogP contribution in [0.3, 0.4) is 0 Å². The number of Topliss-reactive ketones (excluding diaryl/α,β-unsaturated/α-hetero) is 1. The molecule has 7 heteroatoms. The summed E-state index contributed by atoms with van der Waals surface area (Å²) in [6, 6.07) is 8.85. The van der Waals surface area contributed by atoms with Crippen LogP contribution in [-0.4, -0.2) is 46.5 Å². The molecule has 2 aromatic rings. The zero-order valence-corrected chi connectivity index (χ0v) is 21.6. The highest BCUT2D eigenvalue weighted by molar-refractivity contribution is 6.42. The molecule has 3 unspecified atom stereocenters. The molecule has 188 valence electrons. The third kappa shape index (κ3) is 6.40. The first-order valence-electron chi connectivity index (χ1n) is 12.8. The highest BCUT2D eigenvalue weighted by Gasteiger charge is 2.36. The second kappa shape index (κ2) is 12.2. The number of carbonyl (C=O) groups is 2. The summed E-state index contributed by atoms with van der Waals surface area (Å²) in [4.78, 5) is 35.7. The van der Waals surface area contributed by atoms with Crippen LogP contribution in [0.2, 0.25) is 0 Å². The average Bonchev–Trinajstić information content (AvgIpc) is 2.87. The summed E-state index contributed by atoms with van der Waals surface area (Å²) in [5.41, 5.74) is 3.60. The van der Waals surface area contributed by atoms with E-state index in [2.05, 4.69) is 20.6 Å². The van der Waals surface area contributed by atoms with E-state index >= 15 is 0 Å². The van der Waals surface area contributed by atoms with Gasteiger partial charge in [-0.25, -0.2) is 9.97 Å². The Labute approximate surface area is 209 Å². The van der Waals surface area contributed by atoms with E-state index in [0.717, 1.165) is 48.9 Å². The van der Waals surface area contributed by atoms with Crippen molar-refractivity contribution in [1.29, 1.82) is 5.41 Å². The molecule has 1 fully saturated rings. The summed E-state index contributed by atoms with van der Waals surface area (Å²) in [5, 5.41) is 14.9. The fourth-order valence-corrected chi connectivity index (χ4v) is 4.94. The number of nitrogens with zero attached hydrogens (tertiary/aromatic N) is 2. The molecule has 1 aliphatic rings. The summed E-state index contributed by atoms with van der Waals surface area (Å²) < 4.78 is 0. The van der Waals surface area contributed by atoms with Gasteiger partial charge in [-0.3, -0.25) is 9.59 Å². The third-order valence-corrected chi connectivity index (χ3v) is 7.19. The van der Waals surface area contributed by atoms with Crippen molar-refractivity contribution in [2.24, 2.45) is 5.92 Å². The van der Waals surface area contributed by atoms with E-state index in [9.17, 15) is 9.59 Å². The molecule has 1 amide bonds.